The van der Waals surface area contributed by atoms with Crippen LogP contribution in [-0.2, 0) is 14.6 Å². The molecule has 1 rings (SSSR count). The van der Waals surface area contributed by atoms with Crippen molar-refractivity contribution in [2.45, 2.75) is 33.2 Å². The second-order valence-corrected chi connectivity index (χ2v) is 7.12. The van der Waals surface area contributed by atoms with Crippen LogP contribution >= 0.6 is 0 Å². The molecule has 0 saturated heterocycles. The van der Waals surface area contributed by atoms with E-state index in [1.165, 1.54) is 0 Å². The number of carbonyl (C=O) groups is 1. The van der Waals surface area contributed by atoms with Gasteiger partial charge in [-0.3, -0.25) is 4.79 Å². The third kappa shape index (κ3) is 5.61. The first kappa shape index (κ1) is 16.5. The summed E-state index contributed by atoms with van der Waals surface area (Å²) in [6.07, 6.45) is 0.419. The molecule has 0 aliphatic rings. The molecule has 20 heavy (non-hydrogen) atoms. The van der Waals surface area contributed by atoms with Crippen LogP contribution in [0.25, 0.3) is 0 Å². The molecule has 2 N–H and O–H groups in total. The summed E-state index contributed by atoms with van der Waals surface area (Å²) < 4.78 is 23.1. The molecule has 6 heteroatoms. The summed E-state index contributed by atoms with van der Waals surface area (Å²) in [6.45, 7) is 5.25. The Bertz CT molecular complexity index is 555. The summed E-state index contributed by atoms with van der Waals surface area (Å²) in [5, 5.41) is 5.90. The Morgan fingerprint density at radius 1 is 1.25 bits per heavy atom. The smallest absolute Gasteiger partial charge is 0.224 e. The van der Waals surface area contributed by atoms with Crippen LogP contribution in [0, 0.1) is 0 Å². The van der Waals surface area contributed by atoms with E-state index < -0.39 is 9.84 Å². The maximum absolute atomic E-state index is 11.6. The fourth-order valence-corrected chi connectivity index (χ4v) is 2.84. The lowest BCUT2D eigenvalue weighted by molar-refractivity contribution is -0.115. The largest absolute Gasteiger partial charge is 0.382 e. The molecule has 1 aromatic carbocycles. The molecule has 5 nitrogen and oxygen atoms in total. The number of anilines is 2. The zero-order valence-corrected chi connectivity index (χ0v) is 13.0. The average molecular weight is 298 g/mol. The SMILES string of the molecule is CCC(=O)Nc1cccc(NC(C)CS(=O)(=O)CC)c1. The Hall–Kier alpha value is -1.56. The predicted molar refractivity (Wildman–Crippen MR) is 82.8 cm³/mol. The van der Waals surface area contributed by atoms with E-state index in [1.807, 2.05) is 19.1 Å². The van der Waals surface area contributed by atoms with Gasteiger partial charge in [0.25, 0.3) is 0 Å². The van der Waals surface area contributed by atoms with Crippen molar-refractivity contribution in [3.63, 3.8) is 0 Å². The molecule has 1 aromatic rings. The van der Waals surface area contributed by atoms with Crippen molar-refractivity contribution in [3.8, 4) is 0 Å². The van der Waals surface area contributed by atoms with Crippen molar-refractivity contribution in [3.05, 3.63) is 24.3 Å². The van der Waals surface area contributed by atoms with Gasteiger partial charge in [0.15, 0.2) is 9.84 Å². The molecule has 0 aromatic heterocycles. The Morgan fingerprint density at radius 3 is 2.50 bits per heavy atom. The fraction of sp³-hybridized carbons (Fsp3) is 0.500. The maximum Gasteiger partial charge on any atom is 0.224 e. The molecule has 0 aliphatic heterocycles. The predicted octanol–water partition coefficient (Wildman–Crippen LogP) is 2.27. The van der Waals surface area contributed by atoms with Gasteiger partial charge < -0.3 is 10.6 Å². The highest BCUT2D eigenvalue weighted by atomic mass is 32.2. The minimum Gasteiger partial charge on any atom is -0.382 e. The van der Waals surface area contributed by atoms with Gasteiger partial charge in [0, 0.05) is 29.6 Å². The number of benzene rings is 1. The zero-order valence-electron chi connectivity index (χ0n) is 12.1. The first-order valence-corrected chi connectivity index (χ1v) is 8.55. The molecular weight excluding hydrogens is 276 g/mol. The molecule has 1 atom stereocenters. The highest BCUT2D eigenvalue weighted by Crippen LogP contribution is 2.16. The number of hydrogen-bond acceptors (Lipinski definition) is 4. The second kappa shape index (κ2) is 7.28. The third-order valence-corrected chi connectivity index (χ3v) is 4.71. The van der Waals surface area contributed by atoms with E-state index in [-0.39, 0.29) is 23.5 Å². The van der Waals surface area contributed by atoms with Crippen molar-refractivity contribution in [2.24, 2.45) is 0 Å². The Morgan fingerprint density at radius 2 is 1.90 bits per heavy atom. The van der Waals surface area contributed by atoms with Crippen LogP contribution in [0.2, 0.25) is 0 Å². The van der Waals surface area contributed by atoms with Gasteiger partial charge >= 0.3 is 0 Å². The zero-order chi connectivity index (χ0) is 15.2. The lowest BCUT2D eigenvalue weighted by Crippen LogP contribution is -2.26. The lowest BCUT2D eigenvalue weighted by atomic mass is 10.2. The van der Waals surface area contributed by atoms with Crippen molar-refractivity contribution in [1.29, 1.82) is 0 Å². The topological polar surface area (TPSA) is 75.3 Å². The summed E-state index contributed by atoms with van der Waals surface area (Å²) in [5.74, 6) is 0.185. The fourth-order valence-electron chi connectivity index (χ4n) is 1.76. The van der Waals surface area contributed by atoms with E-state index in [0.717, 1.165) is 5.69 Å². The van der Waals surface area contributed by atoms with Crippen LogP contribution in [0.1, 0.15) is 27.2 Å². The summed E-state index contributed by atoms with van der Waals surface area (Å²) in [4.78, 5) is 11.3. The normalized spacial score (nSPS) is 12.8. The van der Waals surface area contributed by atoms with Gasteiger partial charge in [-0.2, -0.15) is 0 Å². The van der Waals surface area contributed by atoms with E-state index in [2.05, 4.69) is 10.6 Å². The minimum absolute atomic E-state index is 0.0521. The van der Waals surface area contributed by atoms with E-state index in [0.29, 0.717) is 12.1 Å². The Labute approximate surface area is 120 Å². The Balaban J connectivity index is 2.68. The van der Waals surface area contributed by atoms with Crippen LogP contribution < -0.4 is 10.6 Å². The van der Waals surface area contributed by atoms with Gasteiger partial charge in [-0.05, 0) is 25.1 Å². The van der Waals surface area contributed by atoms with Gasteiger partial charge in [-0.15, -0.1) is 0 Å². The Kier molecular flexibility index (Phi) is 6.01. The van der Waals surface area contributed by atoms with E-state index >= 15 is 0 Å². The third-order valence-electron chi connectivity index (χ3n) is 2.82. The molecule has 1 unspecified atom stereocenters. The number of sulfone groups is 1. The summed E-state index contributed by atoms with van der Waals surface area (Å²) in [5.41, 5.74) is 1.49. The van der Waals surface area contributed by atoms with Crippen molar-refractivity contribution in [1.82, 2.24) is 0 Å². The van der Waals surface area contributed by atoms with E-state index in [4.69, 9.17) is 0 Å². The number of amides is 1. The van der Waals surface area contributed by atoms with Gasteiger partial charge in [0.1, 0.15) is 0 Å². The van der Waals surface area contributed by atoms with Crippen LogP contribution in [0.4, 0.5) is 11.4 Å². The standard InChI is InChI=1S/C14H22N2O3S/c1-4-14(17)16-13-8-6-7-12(9-13)15-11(3)10-20(18,19)5-2/h6-9,11,15H,4-5,10H2,1-3H3,(H,16,17). The second-order valence-electron chi connectivity index (χ2n) is 4.73. The summed E-state index contributed by atoms with van der Waals surface area (Å²) >= 11 is 0. The van der Waals surface area contributed by atoms with Gasteiger partial charge in [-0.25, -0.2) is 8.42 Å². The average Bonchev–Trinajstić information content (AvgIpc) is 2.38. The molecule has 112 valence electrons. The number of rotatable bonds is 7. The van der Waals surface area contributed by atoms with Gasteiger partial charge in [0.05, 0.1) is 5.75 Å². The van der Waals surface area contributed by atoms with Gasteiger partial charge in [-0.1, -0.05) is 19.9 Å². The van der Waals surface area contributed by atoms with Crippen LogP contribution in [0.15, 0.2) is 24.3 Å². The van der Waals surface area contributed by atoms with Gasteiger partial charge in [0.2, 0.25) is 5.91 Å². The molecule has 0 radical (unpaired) electrons. The van der Waals surface area contributed by atoms with Crippen LogP contribution in [0.5, 0.6) is 0 Å². The number of carbonyl (C=O) groups excluding carboxylic acids is 1. The molecule has 0 fully saturated rings. The minimum atomic E-state index is -3.00. The lowest BCUT2D eigenvalue weighted by Gasteiger charge is -2.15. The van der Waals surface area contributed by atoms with E-state index in [1.54, 1.807) is 26.0 Å². The van der Waals surface area contributed by atoms with Crippen LogP contribution in [0.3, 0.4) is 0 Å². The quantitative estimate of drug-likeness (QED) is 0.809. The number of nitrogens with one attached hydrogen (secondary N) is 2. The highest BCUT2D eigenvalue weighted by Gasteiger charge is 2.13. The maximum atomic E-state index is 11.6. The molecule has 0 saturated carbocycles. The highest BCUT2D eigenvalue weighted by molar-refractivity contribution is 7.91. The van der Waals surface area contributed by atoms with Crippen molar-refractivity contribution < 1.29 is 13.2 Å². The molecule has 0 heterocycles. The number of hydrogen-bond donors (Lipinski definition) is 2. The monoisotopic (exact) mass is 298 g/mol. The molecule has 1 amide bonds. The first-order valence-electron chi connectivity index (χ1n) is 6.73. The van der Waals surface area contributed by atoms with Crippen molar-refractivity contribution in [2.75, 3.05) is 22.1 Å². The molecule has 0 bridgehead atoms. The first-order chi connectivity index (χ1) is 9.36. The molecule has 0 spiro atoms. The summed E-state index contributed by atoms with van der Waals surface area (Å²) in [7, 11) is -3.00. The van der Waals surface area contributed by atoms with Crippen LogP contribution in [-0.4, -0.2) is 31.9 Å². The molecular formula is C14H22N2O3S. The molecule has 0 aliphatic carbocycles. The summed E-state index contributed by atoms with van der Waals surface area (Å²) in [6, 6.07) is 7.07. The van der Waals surface area contributed by atoms with Crippen molar-refractivity contribution >= 4 is 27.1 Å². The van der Waals surface area contributed by atoms with E-state index in [9.17, 15) is 13.2 Å².